The van der Waals surface area contributed by atoms with Gasteiger partial charge in [-0.25, -0.2) is 4.39 Å². The summed E-state index contributed by atoms with van der Waals surface area (Å²) in [6, 6.07) is 5.73. The van der Waals surface area contributed by atoms with E-state index in [0.29, 0.717) is 17.1 Å². The number of esters is 1. The summed E-state index contributed by atoms with van der Waals surface area (Å²) in [6.45, 7) is 1.81. The van der Waals surface area contributed by atoms with Crippen molar-refractivity contribution in [1.82, 2.24) is 0 Å². The Balaban J connectivity index is 1.90. The SMILES string of the molecule is COC(=O)CC1=NN(c2ccc(F)cc2)C(=O)C1C(C)=NC1CCCC1. The fourth-order valence-electron chi connectivity index (χ4n) is 3.44. The van der Waals surface area contributed by atoms with Gasteiger partial charge in [0.25, 0.3) is 5.91 Å². The first-order chi connectivity index (χ1) is 12.5. The number of halogens is 1. The molecule has 0 radical (unpaired) electrons. The van der Waals surface area contributed by atoms with Crippen molar-refractivity contribution in [2.45, 2.75) is 45.1 Å². The first-order valence-corrected chi connectivity index (χ1v) is 8.77. The Morgan fingerprint density at radius 2 is 1.96 bits per heavy atom. The van der Waals surface area contributed by atoms with Gasteiger partial charge in [-0.2, -0.15) is 10.1 Å². The van der Waals surface area contributed by atoms with Crippen LogP contribution in [0.1, 0.15) is 39.0 Å². The number of aliphatic imine (C=N–C) groups is 1. The maximum absolute atomic E-state index is 13.2. The van der Waals surface area contributed by atoms with Crippen LogP contribution in [0.15, 0.2) is 34.4 Å². The fourth-order valence-corrected chi connectivity index (χ4v) is 3.44. The van der Waals surface area contributed by atoms with Crippen molar-refractivity contribution in [2.24, 2.45) is 16.0 Å². The number of amides is 1. The maximum Gasteiger partial charge on any atom is 0.311 e. The Labute approximate surface area is 151 Å². The number of carbonyl (C=O) groups is 2. The number of methoxy groups -OCH3 is 1. The van der Waals surface area contributed by atoms with Gasteiger partial charge in [-0.3, -0.25) is 14.6 Å². The topological polar surface area (TPSA) is 71.3 Å². The lowest BCUT2D eigenvalue weighted by atomic mass is 9.95. The van der Waals surface area contributed by atoms with Gasteiger partial charge in [0.05, 0.1) is 24.9 Å². The fraction of sp³-hybridized carbons (Fsp3) is 0.474. The molecule has 1 heterocycles. The number of rotatable bonds is 5. The number of nitrogens with zero attached hydrogens (tertiary/aromatic N) is 3. The van der Waals surface area contributed by atoms with Crippen molar-refractivity contribution in [1.29, 1.82) is 0 Å². The van der Waals surface area contributed by atoms with Crippen LogP contribution in [0.25, 0.3) is 0 Å². The summed E-state index contributed by atoms with van der Waals surface area (Å²) >= 11 is 0. The van der Waals surface area contributed by atoms with Crippen molar-refractivity contribution >= 4 is 29.0 Å². The van der Waals surface area contributed by atoms with Crippen LogP contribution in [0, 0.1) is 11.7 Å². The highest BCUT2D eigenvalue weighted by Crippen LogP contribution is 2.28. The molecule has 0 spiro atoms. The van der Waals surface area contributed by atoms with Crippen LogP contribution in [0.3, 0.4) is 0 Å². The number of benzene rings is 1. The summed E-state index contributed by atoms with van der Waals surface area (Å²) in [6.07, 6.45) is 4.24. The predicted molar refractivity (Wildman–Crippen MR) is 96.8 cm³/mol. The van der Waals surface area contributed by atoms with E-state index < -0.39 is 17.7 Å². The van der Waals surface area contributed by atoms with Gasteiger partial charge in [-0.15, -0.1) is 0 Å². The Hall–Kier alpha value is -2.57. The molecule has 1 amide bonds. The highest BCUT2D eigenvalue weighted by molar-refractivity contribution is 6.30. The standard InChI is InChI=1S/C19H22FN3O3/c1-12(21-14-5-3-4-6-14)18-16(11-17(24)26-2)22-23(19(18)25)15-9-7-13(20)8-10-15/h7-10,14,18H,3-6,11H2,1-2H3. The molecule has 26 heavy (non-hydrogen) atoms. The zero-order valence-electron chi connectivity index (χ0n) is 14.9. The molecule has 6 nitrogen and oxygen atoms in total. The molecular formula is C19H22FN3O3. The average Bonchev–Trinajstić information content (AvgIpc) is 3.23. The predicted octanol–water partition coefficient (Wildman–Crippen LogP) is 3.11. The summed E-state index contributed by atoms with van der Waals surface area (Å²) in [5, 5.41) is 5.55. The maximum atomic E-state index is 13.2. The van der Waals surface area contributed by atoms with E-state index in [1.54, 1.807) is 0 Å². The largest absolute Gasteiger partial charge is 0.469 e. The van der Waals surface area contributed by atoms with E-state index in [2.05, 4.69) is 5.10 Å². The first-order valence-electron chi connectivity index (χ1n) is 8.77. The normalized spacial score (nSPS) is 21.3. The minimum Gasteiger partial charge on any atom is -0.469 e. The van der Waals surface area contributed by atoms with Crippen LogP contribution in [0.4, 0.5) is 10.1 Å². The van der Waals surface area contributed by atoms with Crippen LogP contribution >= 0.6 is 0 Å². The number of hydrogen-bond donors (Lipinski definition) is 0. The number of anilines is 1. The zero-order valence-corrected chi connectivity index (χ0v) is 14.9. The number of hydrazone groups is 1. The molecule has 138 valence electrons. The summed E-state index contributed by atoms with van der Waals surface area (Å²) < 4.78 is 17.9. The Kier molecular flexibility index (Phi) is 5.44. The Morgan fingerprint density at radius 3 is 2.58 bits per heavy atom. The van der Waals surface area contributed by atoms with E-state index in [9.17, 15) is 14.0 Å². The van der Waals surface area contributed by atoms with Gasteiger partial charge in [0.1, 0.15) is 11.7 Å². The minimum atomic E-state index is -0.681. The van der Waals surface area contributed by atoms with E-state index in [4.69, 9.17) is 9.73 Å². The molecule has 1 aromatic rings. The molecule has 1 aliphatic heterocycles. The van der Waals surface area contributed by atoms with Gasteiger partial charge in [-0.1, -0.05) is 12.8 Å². The molecule has 1 aliphatic carbocycles. The second-order valence-electron chi connectivity index (χ2n) is 6.61. The molecule has 7 heteroatoms. The van der Waals surface area contributed by atoms with Crippen LogP contribution in [0.2, 0.25) is 0 Å². The van der Waals surface area contributed by atoms with Crippen molar-refractivity contribution in [2.75, 3.05) is 12.1 Å². The molecule has 3 rings (SSSR count). The third kappa shape index (κ3) is 3.81. The third-order valence-corrected chi connectivity index (χ3v) is 4.77. The van der Waals surface area contributed by atoms with Crippen molar-refractivity contribution in [3.05, 3.63) is 30.1 Å². The molecular weight excluding hydrogens is 337 g/mol. The molecule has 0 N–H and O–H groups in total. The second kappa shape index (κ2) is 7.76. The van der Waals surface area contributed by atoms with Crippen molar-refractivity contribution < 1.29 is 18.7 Å². The molecule has 1 atom stereocenters. The Morgan fingerprint density at radius 1 is 1.31 bits per heavy atom. The van der Waals surface area contributed by atoms with Gasteiger partial charge < -0.3 is 4.74 Å². The smallest absolute Gasteiger partial charge is 0.311 e. The summed E-state index contributed by atoms with van der Waals surface area (Å²) in [7, 11) is 1.30. The number of hydrogen-bond acceptors (Lipinski definition) is 5. The summed E-state index contributed by atoms with van der Waals surface area (Å²) in [5.74, 6) is -1.82. The van der Waals surface area contributed by atoms with Gasteiger partial charge in [0, 0.05) is 11.8 Å². The highest BCUT2D eigenvalue weighted by atomic mass is 19.1. The minimum absolute atomic E-state index is 0.0812. The molecule has 1 aromatic carbocycles. The molecule has 1 saturated carbocycles. The molecule has 1 fully saturated rings. The number of ether oxygens (including phenoxy) is 1. The van der Waals surface area contributed by atoms with E-state index in [-0.39, 0.29) is 18.4 Å². The van der Waals surface area contributed by atoms with Crippen LogP contribution in [-0.2, 0) is 14.3 Å². The lowest BCUT2D eigenvalue weighted by Crippen LogP contribution is -2.33. The van der Waals surface area contributed by atoms with E-state index in [1.807, 2.05) is 6.92 Å². The lowest BCUT2D eigenvalue weighted by Gasteiger charge is -2.15. The van der Waals surface area contributed by atoms with Gasteiger partial charge in [0.2, 0.25) is 0 Å². The van der Waals surface area contributed by atoms with E-state index >= 15 is 0 Å². The van der Waals surface area contributed by atoms with Crippen LogP contribution in [0.5, 0.6) is 0 Å². The first kappa shape index (κ1) is 18.2. The molecule has 0 saturated heterocycles. The monoisotopic (exact) mass is 359 g/mol. The van der Waals surface area contributed by atoms with Gasteiger partial charge in [-0.05, 0) is 44.0 Å². The van der Waals surface area contributed by atoms with Crippen LogP contribution in [-0.4, -0.2) is 36.5 Å². The van der Waals surface area contributed by atoms with Gasteiger partial charge in [0.15, 0.2) is 0 Å². The van der Waals surface area contributed by atoms with Crippen molar-refractivity contribution in [3.63, 3.8) is 0 Å². The van der Waals surface area contributed by atoms with Crippen molar-refractivity contribution in [3.8, 4) is 0 Å². The number of carbonyl (C=O) groups excluding carboxylic acids is 2. The third-order valence-electron chi connectivity index (χ3n) is 4.77. The second-order valence-corrected chi connectivity index (χ2v) is 6.61. The Bertz CT molecular complexity index is 752. The molecule has 1 unspecified atom stereocenters. The zero-order chi connectivity index (χ0) is 18.7. The van der Waals surface area contributed by atoms with Gasteiger partial charge >= 0.3 is 5.97 Å². The van der Waals surface area contributed by atoms with Crippen LogP contribution < -0.4 is 5.01 Å². The molecule has 2 aliphatic rings. The summed E-state index contributed by atoms with van der Waals surface area (Å²) in [5.41, 5.74) is 1.52. The summed E-state index contributed by atoms with van der Waals surface area (Å²) in [4.78, 5) is 29.4. The molecule has 0 aromatic heterocycles. The quantitative estimate of drug-likeness (QED) is 0.599. The highest BCUT2D eigenvalue weighted by Gasteiger charge is 2.39. The van der Waals surface area contributed by atoms with E-state index in [1.165, 1.54) is 36.4 Å². The average molecular weight is 359 g/mol. The molecule has 0 bridgehead atoms. The van der Waals surface area contributed by atoms with E-state index in [0.717, 1.165) is 25.7 Å². The lowest BCUT2D eigenvalue weighted by molar-refractivity contribution is -0.139.